The summed E-state index contributed by atoms with van der Waals surface area (Å²) in [5, 5.41) is 2.75. The average molecular weight is 238 g/mol. The summed E-state index contributed by atoms with van der Waals surface area (Å²) in [6, 6.07) is 0.295. The second-order valence-corrected chi connectivity index (χ2v) is 4.77. The van der Waals surface area contributed by atoms with Crippen LogP contribution in [0.3, 0.4) is 0 Å². The molecule has 0 fully saturated rings. The van der Waals surface area contributed by atoms with Gasteiger partial charge in [-0.05, 0) is 19.8 Å². The first-order chi connectivity index (χ1) is 8.01. The molecular formula is C13H22N2O2. The predicted octanol–water partition coefficient (Wildman–Crippen LogP) is 3.53. The number of nitrogens with zero attached hydrogens (tertiary/aromatic N) is 1. The molecule has 4 nitrogen and oxygen atoms in total. The molecule has 4 heteroatoms. The summed E-state index contributed by atoms with van der Waals surface area (Å²) in [5.41, 5.74) is 0.435. The van der Waals surface area contributed by atoms with Crippen LogP contribution in [-0.2, 0) is 4.79 Å². The zero-order valence-electron chi connectivity index (χ0n) is 11.2. The van der Waals surface area contributed by atoms with E-state index in [0.29, 0.717) is 6.01 Å². The highest BCUT2D eigenvalue weighted by atomic mass is 16.4. The molecule has 0 aromatic carbocycles. The van der Waals surface area contributed by atoms with Gasteiger partial charge in [0, 0.05) is 5.41 Å². The third kappa shape index (κ3) is 3.58. The zero-order chi connectivity index (χ0) is 12.9. The van der Waals surface area contributed by atoms with Gasteiger partial charge in [-0.3, -0.25) is 10.1 Å². The van der Waals surface area contributed by atoms with E-state index in [1.165, 1.54) is 6.26 Å². The van der Waals surface area contributed by atoms with Crippen LogP contribution in [0.5, 0.6) is 0 Å². The van der Waals surface area contributed by atoms with E-state index < -0.39 is 0 Å². The molecule has 0 bridgehead atoms. The van der Waals surface area contributed by atoms with Crippen molar-refractivity contribution in [2.75, 3.05) is 5.32 Å². The lowest BCUT2D eigenvalue weighted by atomic mass is 9.81. The van der Waals surface area contributed by atoms with E-state index in [1.807, 2.05) is 20.8 Å². The van der Waals surface area contributed by atoms with Crippen molar-refractivity contribution in [3.8, 4) is 0 Å². The van der Waals surface area contributed by atoms with Crippen LogP contribution in [0.25, 0.3) is 0 Å². The number of hydrogen-bond donors (Lipinski definition) is 1. The van der Waals surface area contributed by atoms with E-state index in [1.54, 1.807) is 0 Å². The fourth-order valence-corrected chi connectivity index (χ4v) is 1.68. The lowest BCUT2D eigenvalue weighted by Gasteiger charge is -2.25. The molecule has 1 atom stereocenters. The Kier molecular flexibility index (Phi) is 4.73. The molecule has 0 saturated heterocycles. The van der Waals surface area contributed by atoms with Crippen LogP contribution in [0.4, 0.5) is 6.01 Å². The summed E-state index contributed by atoms with van der Waals surface area (Å²) in [4.78, 5) is 16.2. The van der Waals surface area contributed by atoms with E-state index in [0.717, 1.165) is 31.4 Å². The monoisotopic (exact) mass is 238 g/mol. The molecule has 0 saturated carbocycles. The minimum Gasteiger partial charge on any atom is -0.432 e. The number of oxazole rings is 1. The highest BCUT2D eigenvalue weighted by molar-refractivity contribution is 5.93. The maximum Gasteiger partial charge on any atom is 0.301 e. The normalized spacial score (nSPS) is 14.4. The highest BCUT2D eigenvalue weighted by Gasteiger charge is 2.31. The van der Waals surface area contributed by atoms with Gasteiger partial charge in [0.15, 0.2) is 0 Å². The van der Waals surface area contributed by atoms with Crippen LogP contribution in [0.2, 0.25) is 0 Å². The molecule has 17 heavy (non-hydrogen) atoms. The van der Waals surface area contributed by atoms with Crippen molar-refractivity contribution in [2.24, 2.45) is 5.41 Å². The van der Waals surface area contributed by atoms with E-state index in [2.05, 4.69) is 17.2 Å². The topological polar surface area (TPSA) is 55.1 Å². The van der Waals surface area contributed by atoms with Gasteiger partial charge in [-0.1, -0.05) is 33.6 Å². The van der Waals surface area contributed by atoms with Gasteiger partial charge in [0.05, 0.1) is 5.69 Å². The molecule has 96 valence electrons. The maximum atomic E-state index is 12.2. The van der Waals surface area contributed by atoms with E-state index >= 15 is 0 Å². The van der Waals surface area contributed by atoms with Gasteiger partial charge in [0.1, 0.15) is 6.26 Å². The first-order valence-corrected chi connectivity index (χ1v) is 6.25. The fourth-order valence-electron chi connectivity index (χ4n) is 1.68. The number of carbonyl (C=O) groups is 1. The first-order valence-electron chi connectivity index (χ1n) is 6.25. The molecule has 0 radical (unpaired) electrons. The number of nitrogens with one attached hydrogen (secondary N) is 1. The molecule has 1 amide bonds. The van der Waals surface area contributed by atoms with Crippen molar-refractivity contribution in [3.05, 3.63) is 12.0 Å². The quantitative estimate of drug-likeness (QED) is 0.824. The van der Waals surface area contributed by atoms with Gasteiger partial charge < -0.3 is 4.42 Å². The van der Waals surface area contributed by atoms with Gasteiger partial charge in [-0.25, -0.2) is 0 Å². The van der Waals surface area contributed by atoms with Crippen molar-refractivity contribution in [3.63, 3.8) is 0 Å². The standard InChI is InChI=1S/C13H22N2O2/c1-5-7-8-13(4,6-2)11(16)15-12-14-10(3)9-17-12/h9H,5-8H2,1-4H3,(H,14,15,16). The van der Waals surface area contributed by atoms with Crippen molar-refractivity contribution in [2.45, 2.75) is 53.4 Å². The van der Waals surface area contributed by atoms with Gasteiger partial charge in [0.25, 0.3) is 0 Å². The van der Waals surface area contributed by atoms with Gasteiger partial charge in [-0.2, -0.15) is 4.98 Å². The summed E-state index contributed by atoms with van der Waals surface area (Å²) in [6.07, 6.45) is 5.40. The Morgan fingerprint density at radius 1 is 1.53 bits per heavy atom. The minimum absolute atomic E-state index is 0.00435. The third-order valence-electron chi connectivity index (χ3n) is 3.25. The van der Waals surface area contributed by atoms with Gasteiger partial charge >= 0.3 is 6.01 Å². The third-order valence-corrected chi connectivity index (χ3v) is 3.25. The Morgan fingerprint density at radius 3 is 2.71 bits per heavy atom. The largest absolute Gasteiger partial charge is 0.432 e. The average Bonchev–Trinajstić information content (AvgIpc) is 2.71. The maximum absolute atomic E-state index is 12.2. The van der Waals surface area contributed by atoms with E-state index in [4.69, 9.17) is 4.42 Å². The van der Waals surface area contributed by atoms with Crippen LogP contribution in [-0.4, -0.2) is 10.9 Å². The summed E-state index contributed by atoms with van der Waals surface area (Å²) in [6.45, 7) is 7.99. The molecule has 1 heterocycles. The number of rotatable bonds is 6. The molecule has 0 spiro atoms. The molecule has 0 aliphatic carbocycles. The number of aryl methyl sites for hydroxylation is 1. The Labute approximate surface area is 103 Å². The van der Waals surface area contributed by atoms with Crippen LogP contribution in [0.1, 0.15) is 52.1 Å². The van der Waals surface area contributed by atoms with Gasteiger partial charge in [-0.15, -0.1) is 0 Å². The molecule has 0 aliphatic rings. The van der Waals surface area contributed by atoms with Crippen LogP contribution in [0, 0.1) is 12.3 Å². The number of carbonyl (C=O) groups excluding carboxylic acids is 1. The summed E-state index contributed by atoms with van der Waals surface area (Å²) in [7, 11) is 0. The lowest BCUT2D eigenvalue weighted by molar-refractivity contribution is -0.125. The van der Waals surface area contributed by atoms with Crippen molar-refractivity contribution in [1.82, 2.24) is 4.98 Å². The molecule has 1 aromatic heterocycles. The van der Waals surface area contributed by atoms with Crippen molar-refractivity contribution in [1.29, 1.82) is 0 Å². The number of aromatic nitrogens is 1. The van der Waals surface area contributed by atoms with Crippen LogP contribution in [0.15, 0.2) is 10.7 Å². The van der Waals surface area contributed by atoms with Crippen molar-refractivity contribution >= 4 is 11.9 Å². The number of unbranched alkanes of at least 4 members (excludes halogenated alkanes) is 1. The van der Waals surface area contributed by atoms with E-state index in [9.17, 15) is 4.79 Å². The second kappa shape index (κ2) is 5.84. The Hall–Kier alpha value is -1.32. The van der Waals surface area contributed by atoms with Crippen LogP contribution >= 0.6 is 0 Å². The number of amides is 1. The molecule has 1 N–H and O–H groups in total. The van der Waals surface area contributed by atoms with Crippen molar-refractivity contribution < 1.29 is 9.21 Å². The Morgan fingerprint density at radius 2 is 2.24 bits per heavy atom. The van der Waals surface area contributed by atoms with Gasteiger partial charge in [0.2, 0.25) is 5.91 Å². The molecule has 1 aromatic rings. The Bertz CT molecular complexity index is 373. The lowest BCUT2D eigenvalue weighted by Crippen LogP contribution is -2.33. The SMILES string of the molecule is CCCCC(C)(CC)C(=O)Nc1nc(C)co1. The highest BCUT2D eigenvalue weighted by Crippen LogP contribution is 2.29. The van der Waals surface area contributed by atoms with Crippen LogP contribution < -0.4 is 5.32 Å². The predicted molar refractivity (Wildman–Crippen MR) is 67.8 cm³/mol. The minimum atomic E-state index is -0.335. The Balaban J connectivity index is 2.66. The molecule has 1 unspecified atom stereocenters. The fraction of sp³-hybridized carbons (Fsp3) is 0.692. The first kappa shape index (κ1) is 13.7. The molecular weight excluding hydrogens is 216 g/mol. The molecule has 0 aliphatic heterocycles. The zero-order valence-corrected chi connectivity index (χ0v) is 11.2. The number of anilines is 1. The summed E-state index contributed by atoms with van der Waals surface area (Å²) in [5.74, 6) is -0.00435. The van der Waals surface area contributed by atoms with E-state index in [-0.39, 0.29) is 11.3 Å². The number of hydrogen-bond acceptors (Lipinski definition) is 3. The smallest absolute Gasteiger partial charge is 0.301 e. The molecule has 1 rings (SSSR count). The summed E-state index contributed by atoms with van der Waals surface area (Å²) < 4.78 is 5.14. The summed E-state index contributed by atoms with van der Waals surface area (Å²) >= 11 is 0. The second-order valence-electron chi connectivity index (χ2n) is 4.77.